The molecule has 0 spiro atoms. The third kappa shape index (κ3) is 2.55. The Kier molecular flexibility index (Phi) is 3.34. The molecule has 0 atom stereocenters. The lowest BCUT2D eigenvalue weighted by Gasteiger charge is -2.13. The molecule has 1 N–H and O–H groups in total. The van der Waals surface area contributed by atoms with Crippen LogP contribution in [-0.2, 0) is 6.54 Å². The van der Waals surface area contributed by atoms with E-state index in [0.717, 1.165) is 25.2 Å². The first-order valence-corrected chi connectivity index (χ1v) is 5.56. The first kappa shape index (κ1) is 10.6. The van der Waals surface area contributed by atoms with Crippen LogP contribution >= 0.6 is 11.6 Å². The van der Waals surface area contributed by atoms with Crippen molar-refractivity contribution in [2.75, 3.05) is 13.1 Å². The van der Waals surface area contributed by atoms with Crippen molar-refractivity contribution in [2.24, 2.45) is 0 Å². The molecule has 0 amide bonds. The summed E-state index contributed by atoms with van der Waals surface area (Å²) in [7, 11) is 0. The maximum Gasteiger partial charge on any atom is 0.257 e. The lowest BCUT2D eigenvalue weighted by Crippen LogP contribution is -2.56. The van der Waals surface area contributed by atoms with E-state index in [-0.39, 0.29) is 0 Å². The fourth-order valence-corrected chi connectivity index (χ4v) is 2.17. The zero-order valence-electron chi connectivity index (χ0n) is 8.50. The molecule has 4 heteroatoms. The summed E-state index contributed by atoms with van der Waals surface area (Å²) in [5.74, 6) is 0. The molecule has 1 fully saturated rings. The van der Waals surface area contributed by atoms with Crippen molar-refractivity contribution in [3.63, 3.8) is 0 Å². The van der Waals surface area contributed by atoms with Crippen molar-refractivity contribution >= 4 is 17.3 Å². The molecule has 0 saturated carbocycles. The largest absolute Gasteiger partial charge is 0.299 e. The Morgan fingerprint density at radius 3 is 2.73 bits per heavy atom. The Balaban J connectivity index is 2.17. The minimum Gasteiger partial charge on any atom is -0.299 e. The normalized spacial score (nSPS) is 16.9. The number of rotatable bonds is 3. The molecule has 80 valence electrons. The maximum atomic E-state index is 10.7. The molecule has 2 rings (SSSR count). The summed E-state index contributed by atoms with van der Waals surface area (Å²) in [6.07, 6.45) is 2.50. The lowest BCUT2D eigenvalue weighted by molar-refractivity contribution is -0.380. The van der Waals surface area contributed by atoms with Gasteiger partial charge in [-0.1, -0.05) is 11.6 Å². The highest BCUT2D eigenvalue weighted by atomic mass is 35.5. The van der Waals surface area contributed by atoms with Gasteiger partial charge in [0.2, 0.25) is 0 Å². The van der Waals surface area contributed by atoms with Crippen molar-refractivity contribution < 1.29 is 5.18 Å². The van der Waals surface area contributed by atoms with Gasteiger partial charge in [-0.2, -0.15) is 0 Å². The second-order valence-electron chi connectivity index (χ2n) is 3.89. The van der Waals surface area contributed by atoms with E-state index < -0.39 is 0 Å². The van der Waals surface area contributed by atoms with Gasteiger partial charge in [-0.25, -0.2) is 0 Å². The number of nitroso groups, excluding NO2 is 1. The van der Waals surface area contributed by atoms with Crippen LogP contribution in [0.4, 0.5) is 5.69 Å². The van der Waals surface area contributed by atoms with Gasteiger partial charge in [0.15, 0.2) is 0 Å². The summed E-state index contributed by atoms with van der Waals surface area (Å²) in [5.41, 5.74) is 1.62. The molecule has 1 aromatic carbocycles. The minimum absolute atomic E-state index is 0.631. The first-order chi connectivity index (χ1) is 7.29. The van der Waals surface area contributed by atoms with Gasteiger partial charge in [0.1, 0.15) is 0 Å². The molecule has 15 heavy (non-hydrogen) atoms. The average molecular weight is 226 g/mol. The molecule has 0 unspecified atom stereocenters. The molecule has 1 aliphatic rings. The van der Waals surface area contributed by atoms with Gasteiger partial charge < -0.3 is 0 Å². The van der Waals surface area contributed by atoms with E-state index in [9.17, 15) is 4.91 Å². The van der Waals surface area contributed by atoms with Crippen LogP contribution in [0.3, 0.4) is 0 Å². The fourth-order valence-electron chi connectivity index (χ4n) is 1.97. The zero-order chi connectivity index (χ0) is 10.7. The van der Waals surface area contributed by atoms with Gasteiger partial charge in [-0.15, -0.1) is 0 Å². The maximum absolute atomic E-state index is 10.7. The highest BCUT2D eigenvalue weighted by Crippen LogP contribution is 2.20. The van der Waals surface area contributed by atoms with E-state index in [1.54, 1.807) is 12.1 Å². The number of likely N-dealkylation sites (tertiary alicyclic amines) is 1. The standard InChI is InChI=1S/C11H13ClN2O/c12-10-3-4-11(13-15)9(7-10)8-14-5-1-2-6-14/h3-4,7H,1-2,5-6,8H2/p+1. The Bertz CT molecular complexity index is 362. The zero-order valence-corrected chi connectivity index (χ0v) is 9.26. The van der Waals surface area contributed by atoms with Crippen molar-refractivity contribution in [3.8, 4) is 0 Å². The van der Waals surface area contributed by atoms with Crippen LogP contribution < -0.4 is 5.18 Å². The molecule has 1 aromatic rings. The lowest BCUT2D eigenvalue weighted by atomic mass is 10.1. The molecular weight excluding hydrogens is 212 g/mol. The molecule has 0 bridgehead atoms. The predicted octanol–water partition coefficient (Wildman–Crippen LogP) is 1.41. The fraction of sp³-hybridized carbons (Fsp3) is 0.455. The third-order valence-electron chi connectivity index (χ3n) is 2.77. The number of halogens is 1. The summed E-state index contributed by atoms with van der Waals surface area (Å²) < 4.78 is 0. The van der Waals surface area contributed by atoms with Crippen molar-refractivity contribution in [1.29, 1.82) is 0 Å². The second kappa shape index (κ2) is 4.73. The highest BCUT2D eigenvalue weighted by Gasteiger charge is 2.16. The second-order valence-corrected chi connectivity index (χ2v) is 4.32. The monoisotopic (exact) mass is 225 g/mol. The van der Waals surface area contributed by atoms with E-state index in [1.807, 2.05) is 11.2 Å². The molecule has 0 aromatic heterocycles. The average Bonchev–Trinajstić information content (AvgIpc) is 2.71. The smallest absolute Gasteiger partial charge is 0.257 e. The van der Waals surface area contributed by atoms with E-state index in [2.05, 4.69) is 4.90 Å². The van der Waals surface area contributed by atoms with Crippen LogP contribution in [0.1, 0.15) is 18.4 Å². The summed E-state index contributed by atoms with van der Waals surface area (Å²) in [4.78, 5) is 13.1. The van der Waals surface area contributed by atoms with E-state index in [0.29, 0.717) is 10.7 Å². The SMILES string of the molecule is O=[NH+]c1ccc(Cl)cc1CN1CCCC1. The van der Waals surface area contributed by atoms with Crippen LogP contribution in [-0.4, -0.2) is 18.0 Å². The third-order valence-corrected chi connectivity index (χ3v) is 3.00. The van der Waals surface area contributed by atoms with Gasteiger partial charge in [0.05, 0.1) is 0 Å². The summed E-state index contributed by atoms with van der Waals surface area (Å²) >= 11 is 5.91. The van der Waals surface area contributed by atoms with Gasteiger partial charge in [0.25, 0.3) is 5.69 Å². The molecule has 1 aliphatic heterocycles. The number of nitrogens with one attached hydrogen (secondary N) is 1. The molecule has 1 heterocycles. The van der Waals surface area contributed by atoms with E-state index in [4.69, 9.17) is 11.6 Å². The molecule has 1 saturated heterocycles. The summed E-state index contributed by atoms with van der Waals surface area (Å²) in [6, 6.07) is 5.33. The van der Waals surface area contributed by atoms with Crippen LogP contribution in [0.25, 0.3) is 0 Å². The van der Waals surface area contributed by atoms with Crippen LogP contribution in [0, 0.1) is 4.91 Å². The topological polar surface area (TPSA) is 34.3 Å². The van der Waals surface area contributed by atoms with Crippen LogP contribution in [0.15, 0.2) is 18.2 Å². The molecule has 0 aliphatic carbocycles. The number of benzene rings is 1. The number of hydrogen-bond donors (Lipinski definition) is 1. The van der Waals surface area contributed by atoms with Gasteiger partial charge in [-0.3, -0.25) is 4.90 Å². The number of nitrogens with zero attached hydrogens (tertiary/aromatic N) is 1. The van der Waals surface area contributed by atoms with Gasteiger partial charge in [-0.05, 0) is 38.1 Å². The van der Waals surface area contributed by atoms with Crippen molar-refractivity contribution in [2.45, 2.75) is 19.4 Å². The molecule has 0 radical (unpaired) electrons. The minimum atomic E-state index is 0.631. The Hall–Kier alpha value is -0.930. The Morgan fingerprint density at radius 2 is 2.07 bits per heavy atom. The van der Waals surface area contributed by atoms with Crippen molar-refractivity contribution in [3.05, 3.63) is 33.7 Å². The Morgan fingerprint density at radius 1 is 1.33 bits per heavy atom. The molecule has 3 nitrogen and oxygen atoms in total. The van der Waals surface area contributed by atoms with E-state index in [1.165, 1.54) is 12.8 Å². The quantitative estimate of drug-likeness (QED) is 0.844. The first-order valence-electron chi connectivity index (χ1n) is 5.18. The highest BCUT2D eigenvalue weighted by molar-refractivity contribution is 6.30. The Labute approximate surface area is 94.0 Å². The summed E-state index contributed by atoms with van der Waals surface area (Å²) in [6.45, 7) is 3.04. The summed E-state index contributed by atoms with van der Waals surface area (Å²) in [5, 5.41) is 2.64. The molecular formula is C11H14ClN2O+. The number of hydrogen-bond acceptors (Lipinski definition) is 2. The van der Waals surface area contributed by atoms with Crippen molar-refractivity contribution in [1.82, 2.24) is 4.90 Å². The van der Waals surface area contributed by atoms with Crippen LogP contribution in [0.2, 0.25) is 5.02 Å². The van der Waals surface area contributed by atoms with Gasteiger partial charge >= 0.3 is 0 Å². The van der Waals surface area contributed by atoms with E-state index >= 15 is 0 Å². The van der Waals surface area contributed by atoms with Gasteiger partial charge in [0, 0.05) is 33.3 Å². The van der Waals surface area contributed by atoms with Crippen LogP contribution in [0.5, 0.6) is 0 Å². The predicted molar refractivity (Wildman–Crippen MR) is 60.0 cm³/mol.